The fourth-order valence-corrected chi connectivity index (χ4v) is 2.01. The molecule has 66 valence electrons. The fourth-order valence-electron chi connectivity index (χ4n) is 0.676. The van der Waals surface area contributed by atoms with Crippen LogP contribution in [0.4, 0.5) is 5.82 Å². The van der Waals surface area contributed by atoms with E-state index >= 15 is 0 Å². The van der Waals surface area contributed by atoms with Crippen LogP contribution in [0.1, 0.15) is 0 Å². The maximum absolute atomic E-state index is 5.39. The molecule has 2 aromatic rings. The van der Waals surface area contributed by atoms with Crippen molar-refractivity contribution >= 4 is 28.9 Å². The molecule has 2 aromatic heterocycles. The predicted octanol–water partition coefficient (Wildman–Crippen LogP) is 1.06. The number of nitrogens with zero attached hydrogens (tertiary/aromatic N) is 4. The molecule has 0 atom stereocenters. The van der Waals surface area contributed by atoms with Gasteiger partial charge in [0.1, 0.15) is 16.4 Å². The Morgan fingerprint density at radius 3 is 2.85 bits per heavy atom. The summed E-state index contributed by atoms with van der Waals surface area (Å²) in [6, 6.07) is 0. The highest BCUT2D eigenvalue weighted by Crippen LogP contribution is 2.25. The predicted molar refractivity (Wildman–Crippen MR) is 50.5 cm³/mol. The van der Waals surface area contributed by atoms with Crippen molar-refractivity contribution in [1.29, 1.82) is 0 Å². The van der Waals surface area contributed by atoms with Gasteiger partial charge in [-0.05, 0) is 11.8 Å². The third-order valence-corrected chi connectivity index (χ3v) is 2.88. The van der Waals surface area contributed by atoms with E-state index in [4.69, 9.17) is 5.73 Å². The van der Waals surface area contributed by atoms with E-state index in [2.05, 4.69) is 20.2 Å². The minimum Gasteiger partial charge on any atom is -0.382 e. The molecule has 0 amide bonds. The standard InChI is InChI=1S/C6H5N5S2/c7-4-1-9-5(2-8-4)13-6-11-10-3-12-6/h1-3H,(H2,7,8). The zero-order valence-electron chi connectivity index (χ0n) is 6.41. The van der Waals surface area contributed by atoms with Gasteiger partial charge < -0.3 is 5.73 Å². The molecule has 2 rings (SSSR count). The lowest BCUT2D eigenvalue weighted by Gasteiger charge is -1.94. The molecule has 13 heavy (non-hydrogen) atoms. The van der Waals surface area contributed by atoms with Gasteiger partial charge >= 0.3 is 0 Å². The molecular weight excluding hydrogens is 206 g/mol. The van der Waals surface area contributed by atoms with E-state index < -0.39 is 0 Å². The van der Waals surface area contributed by atoms with E-state index in [0.29, 0.717) is 5.82 Å². The summed E-state index contributed by atoms with van der Waals surface area (Å²) in [5, 5.41) is 8.35. The van der Waals surface area contributed by atoms with E-state index in [-0.39, 0.29) is 0 Å². The van der Waals surface area contributed by atoms with Gasteiger partial charge in [-0.25, -0.2) is 9.97 Å². The molecule has 0 bridgehead atoms. The maximum atomic E-state index is 5.39. The maximum Gasteiger partial charge on any atom is 0.180 e. The van der Waals surface area contributed by atoms with Crippen LogP contribution in [-0.4, -0.2) is 20.2 Å². The quantitative estimate of drug-likeness (QED) is 0.800. The van der Waals surface area contributed by atoms with E-state index in [1.165, 1.54) is 29.3 Å². The molecule has 0 aromatic carbocycles. The normalized spacial score (nSPS) is 10.2. The number of rotatable bonds is 2. The van der Waals surface area contributed by atoms with Crippen LogP contribution in [0.25, 0.3) is 0 Å². The summed E-state index contributed by atoms with van der Waals surface area (Å²) in [4.78, 5) is 7.98. The van der Waals surface area contributed by atoms with Crippen LogP contribution in [0, 0.1) is 0 Å². The van der Waals surface area contributed by atoms with Crippen molar-refractivity contribution in [3.8, 4) is 0 Å². The van der Waals surface area contributed by atoms with Crippen LogP contribution in [0.5, 0.6) is 0 Å². The second-order valence-electron chi connectivity index (χ2n) is 2.09. The van der Waals surface area contributed by atoms with Gasteiger partial charge in [-0.1, -0.05) is 11.3 Å². The topological polar surface area (TPSA) is 77.6 Å². The van der Waals surface area contributed by atoms with Crippen molar-refractivity contribution in [2.24, 2.45) is 0 Å². The first-order valence-electron chi connectivity index (χ1n) is 3.36. The van der Waals surface area contributed by atoms with Gasteiger partial charge in [0.15, 0.2) is 4.34 Å². The van der Waals surface area contributed by atoms with Crippen molar-refractivity contribution in [3.05, 3.63) is 17.9 Å². The third kappa shape index (κ3) is 2.13. The number of hydrogen-bond acceptors (Lipinski definition) is 7. The Kier molecular flexibility index (Phi) is 2.37. The Morgan fingerprint density at radius 2 is 2.23 bits per heavy atom. The average Bonchev–Trinajstić information content (AvgIpc) is 2.62. The molecular formula is C6H5N5S2. The van der Waals surface area contributed by atoms with E-state index in [1.54, 1.807) is 11.7 Å². The van der Waals surface area contributed by atoms with Gasteiger partial charge in [-0.15, -0.1) is 10.2 Å². The zero-order chi connectivity index (χ0) is 9.10. The molecule has 0 aliphatic carbocycles. The molecule has 0 saturated heterocycles. The van der Waals surface area contributed by atoms with Gasteiger partial charge in [0.25, 0.3) is 0 Å². The van der Waals surface area contributed by atoms with Crippen molar-refractivity contribution < 1.29 is 0 Å². The summed E-state index contributed by atoms with van der Waals surface area (Å²) < 4.78 is 0.846. The van der Waals surface area contributed by atoms with Gasteiger partial charge in [0.2, 0.25) is 0 Å². The van der Waals surface area contributed by atoms with Crippen molar-refractivity contribution in [2.45, 2.75) is 9.37 Å². The van der Waals surface area contributed by atoms with Crippen molar-refractivity contribution in [1.82, 2.24) is 20.2 Å². The van der Waals surface area contributed by atoms with E-state index in [9.17, 15) is 0 Å². The highest BCUT2D eigenvalue weighted by Gasteiger charge is 2.01. The molecule has 0 aliphatic heterocycles. The Bertz CT molecular complexity index is 370. The molecule has 2 N–H and O–H groups in total. The highest BCUT2D eigenvalue weighted by atomic mass is 32.2. The summed E-state index contributed by atoms with van der Waals surface area (Å²) in [5.74, 6) is 0.418. The second kappa shape index (κ2) is 3.67. The molecule has 5 nitrogen and oxygen atoms in total. The van der Waals surface area contributed by atoms with Crippen LogP contribution < -0.4 is 5.73 Å². The van der Waals surface area contributed by atoms with Crippen molar-refractivity contribution in [3.63, 3.8) is 0 Å². The fraction of sp³-hybridized carbons (Fsp3) is 0. The molecule has 0 aliphatic rings. The van der Waals surface area contributed by atoms with Crippen LogP contribution >= 0.6 is 23.1 Å². The Morgan fingerprint density at radius 1 is 1.31 bits per heavy atom. The van der Waals surface area contributed by atoms with E-state index in [1.807, 2.05) is 0 Å². The summed E-state index contributed by atoms with van der Waals surface area (Å²) >= 11 is 2.88. The van der Waals surface area contributed by atoms with Gasteiger partial charge in [0, 0.05) is 0 Å². The SMILES string of the molecule is Nc1cnc(Sc2nncs2)cn1. The summed E-state index contributed by atoms with van der Waals surface area (Å²) in [6.45, 7) is 0. The molecule has 0 radical (unpaired) electrons. The Labute approximate surface area is 82.4 Å². The number of anilines is 1. The largest absolute Gasteiger partial charge is 0.382 e. The lowest BCUT2D eigenvalue weighted by Crippen LogP contribution is -1.91. The smallest absolute Gasteiger partial charge is 0.180 e. The van der Waals surface area contributed by atoms with Crippen LogP contribution in [0.15, 0.2) is 27.3 Å². The molecule has 7 heteroatoms. The lowest BCUT2D eigenvalue weighted by atomic mass is 10.7. The van der Waals surface area contributed by atoms with Gasteiger partial charge in [-0.3, -0.25) is 0 Å². The first-order chi connectivity index (χ1) is 6.34. The first-order valence-corrected chi connectivity index (χ1v) is 5.06. The van der Waals surface area contributed by atoms with E-state index in [0.717, 1.165) is 9.37 Å². The first kappa shape index (κ1) is 8.39. The Balaban J connectivity index is 2.15. The molecule has 0 unspecified atom stereocenters. The number of nitrogens with two attached hydrogens (primary N) is 1. The number of nitrogen functional groups attached to an aromatic ring is 1. The van der Waals surface area contributed by atoms with Crippen LogP contribution in [0.3, 0.4) is 0 Å². The summed E-state index contributed by atoms with van der Waals surface area (Å²) in [7, 11) is 0. The molecule has 0 fully saturated rings. The molecule has 0 saturated carbocycles. The average molecular weight is 211 g/mol. The number of hydrogen-bond donors (Lipinski definition) is 1. The summed E-state index contributed by atoms with van der Waals surface area (Å²) in [5.41, 5.74) is 7.07. The highest BCUT2D eigenvalue weighted by molar-refractivity contribution is 8.00. The zero-order valence-corrected chi connectivity index (χ0v) is 8.05. The monoisotopic (exact) mass is 211 g/mol. The van der Waals surface area contributed by atoms with Gasteiger partial charge in [-0.2, -0.15) is 0 Å². The third-order valence-electron chi connectivity index (χ3n) is 1.18. The van der Waals surface area contributed by atoms with Crippen LogP contribution in [0.2, 0.25) is 0 Å². The minimum atomic E-state index is 0.418. The minimum absolute atomic E-state index is 0.418. The van der Waals surface area contributed by atoms with Gasteiger partial charge in [0.05, 0.1) is 12.4 Å². The second-order valence-corrected chi connectivity index (χ2v) is 4.19. The lowest BCUT2D eigenvalue weighted by molar-refractivity contribution is 1.00. The Hall–Kier alpha value is -1.21. The van der Waals surface area contributed by atoms with Crippen molar-refractivity contribution in [2.75, 3.05) is 5.73 Å². The molecule has 0 spiro atoms. The van der Waals surface area contributed by atoms with Crippen LogP contribution in [-0.2, 0) is 0 Å². The number of aromatic nitrogens is 4. The summed E-state index contributed by atoms with van der Waals surface area (Å²) in [6.07, 6.45) is 3.13. The molecule has 2 heterocycles.